The predicted octanol–water partition coefficient (Wildman–Crippen LogP) is 1.82. The van der Waals surface area contributed by atoms with Gasteiger partial charge in [-0.3, -0.25) is 0 Å². The van der Waals surface area contributed by atoms with Gasteiger partial charge in [-0.2, -0.15) is 0 Å². The number of rotatable bonds is 5. The van der Waals surface area contributed by atoms with E-state index in [-0.39, 0.29) is 18.8 Å². The van der Waals surface area contributed by atoms with Crippen molar-refractivity contribution >= 4 is 5.69 Å². The van der Waals surface area contributed by atoms with E-state index in [1.54, 1.807) is 18.2 Å². The molecular weight excluding hydrogens is 218 g/mol. The fourth-order valence-corrected chi connectivity index (χ4v) is 1.19. The maximum Gasteiger partial charge on any atom is 0.121 e. The maximum absolute atomic E-state index is 9.66. The topological polar surface area (TPSA) is 64.7 Å². The Kier molecular flexibility index (Phi) is 4.78. The Morgan fingerprint density at radius 3 is 2.59 bits per heavy atom. The third-order valence-electron chi connectivity index (χ3n) is 2.01. The number of ether oxygens (including phenoxy) is 2. The average molecular weight is 239 g/mol. The lowest BCUT2D eigenvalue weighted by Gasteiger charge is -2.22. The molecule has 0 aromatic heterocycles. The molecule has 1 unspecified atom stereocenters. The fraction of sp³-hybridized carbons (Fsp3) is 0.538. The third-order valence-corrected chi connectivity index (χ3v) is 2.01. The van der Waals surface area contributed by atoms with E-state index in [0.717, 1.165) is 0 Å². The zero-order chi connectivity index (χ0) is 12.9. The van der Waals surface area contributed by atoms with Crippen LogP contribution in [0, 0.1) is 0 Å². The Balaban J connectivity index is 2.31. The molecule has 0 saturated carbocycles. The molecule has 4 nitrogen and oxygen atoms in total. The monoisotopic (exact) mass is 239 g/mol. The van der Waals surface area contributed by atoms with Crippen LogP contribution >= 0.6 is 0 Å². The van der Waals surface area contributed by atoms with Crippen molar-refractivity contribution < 1.29 is 14.6 Å². The third kappa shape index (κ3) is 6.14. The zero-order valence-corrected chi connectivity index (χ0v) is 10.6. The molecule has 0 bridgehead atoms. The largest absolute Gasteiger partial charge is 0.491 e. The van der Waals surface area contributed by atoms with Crippen molar-refractivity contribution in [1.82, 2.24) is 0 Å². The first-order valence-electron chi connectivity index (χ1n) is 5.67. The van der Waals surface area contributed by atoms with Crippen LogP contribution in [-0.4, -0.2) is 30.0 Å². The second-order valence-corrected chi connectivity index (χ2v) is 4.96. The second-order valence-electron chi connectivity index (χ2n) is 4.96. The minimum atomic E-state index is -0.643. The predicted molar refractivity (Wildman–Crippen MR) is 68.1 cm³/mol. The van der Waals surface area contributed by atoms with Crippen molar-refractivity contribution in [2.45, 2.75) is 32.5 Å². The number of nitrogens with two attached hydrogens (primary N) is 1. The summed E-state index contributed by atoms with van der Waals surface area (Å²) in [5, 5.41) is 9.66. The molecule has 0 aliphatic carbocycles. The van der Waals surface area contributed by atoms with Crippen LogP contribution in [0.5, 0.6) is 5.75 Å². The van der Waals surface area contributed by atoms with Crippen LogP contribution in [0.2, 0.25) is 0 Å². The van der Waals surface area contributed by atoms with Crippen LogP contribution in [0.15, 0.2) is 24.3 Å². The minimum Gasteiger partial charge on any atom is -0.491 e. The number of anilines is 1. The summed E-state index contributed by atoms with van der Waals surface area (Å²) in [4.78, 5) is 0. The molecule has 0 aliphatic heterocycles. The fourth-order valence-electron chi connectivity index (χ4n) is 1.19. The Morgan fingerprint density at radius 1 is 1.29 bits per heavy atom. The molecule has 96 valence electrons. The number of hydrogen-bond acceptors (Lipinski definition) is 4. The number of nitrogen functional groups attached to an aromatic ring is 1. The smallest absolute Gasteiger partial charge is 0.121 e. The first-order valence-corrected chi connectivity index (χ1v) is 5.67. The molecule has 17 heavy (non-hydrogen) atoms. The van der Waals surface area contributed by atoms with E-state index < -0.39 is 6.10 Å². The molecule has 0 aliphatic rings. The van der Waals surface area contributed by atoms with E-state index in [9.17, 15) is 5.11 Å². The van der Waals surface area contributed by atoms with Crippen LogP contribution in [0.4, 0.5) is 5.69 Å². The summed E-state index contributed by atoms with van der Waals surface area (Å²) < 4.78 is 10.9. The van der Waals surface area contributed by atoms with E-state index in [4.69, 9.17) is 15.2 Å². The number of aliphatic hydroxyl groups is 1. The SMILES string of the molecule is CC(C)(C)OCC(O)COc1cccc(N)c1. The van der Waals surface area contributed by atoms with Gasteiger partial charge in [0.05, 0.1) is 12.2 Å². The van der Waals surface area contributed by atoms with Crippen molar-refractivity contribution in [3.63, 3.8) is 0 Å². The van der Waals surface area contributed by atoms with Crippen LogP contribution in [0.1, 0.15) is 20.8 Å². The molecule has 0 heterocycles. The van der Waals surface area contributed by atoms with Crippen molar-refractivity contribution in [2.75, 3.05) is 18.9 Å². The molecule has 0 saturated heterocycles. The highest BCUT2D eigenvalue weighted by Gasteiger charge is 2.13. The van der Waals surface area contributed by atoms with Gasteiger partial charge in [0, 0.05) is 11.8 Å². The van der Waals surface area contributed by atoms with E-state index in [1.165, 1.54) is 0 Å². The molecule has 0 fully saturated rings. The standard InChI is InChI=1S/C13H21NO3/c1-13(2,3)17-9-11(15)8-16-12-6-4-5-10(14)7-12/h4-7,11,15H,8-9,14H2,1-3H3. The van der Waals surface area contributed by atoms with E-state index >= 15 is 0 Å². The average Bonchev–Trinajstić information content (AvgIpc) is 2.23. The summed E-state index contributed by atoms with van der Waals surface area (Å²) in [7, 11) is 0. The minimum absolute atomic E-state index is 0.194. The summed E-state index contributed by atoms with van der Waals surface area (Å²) in [6.45, 7) is 6.28. The Labute approximate surface area is 102 Å². The molecule has 0 amide bonds. The van der Waals surface area contributed by atoms with Crippen molar-refractivity contribution in [2.24, 2.45) is 0 Å². The Morgan fingerprint density at radius 2 is 2.00 bits per heavy atom. The summed E-state index contributed by atoms with van der Waals surface area (Å²) in [5.74, 6) is 0.653. The summed E-state index contributed by atoms with van der Waals surface area (Å²) in [6.07, 6.45) is -0.643. The summed E-state index contributed by atoms with van der Waals surface area (Å²) >= 11 is 0. The lowest BCUT2D eigenvalue weighted by Crippen LogP contribution is -2.29. The lowest BCUT2D eigenvalue weighted by atomic mass is 10.2. The number of hydrogen-bond donors (Lipinski definition) is 2. The number of aliphatic hydroxyl groups excluding tert-OH is 1. The molecule has 4 heteroatoms. The van der Waals surface area contributed by atoms with Gasteiger partial charge in [0.1, 0.15) is 18.5 Å². The van der Waals surface area contributed by atoms with Crippen LogP contribution in [-0.2, 0) is 4.74 Å². The molecule has 0 spiro atoms. The van der Waals surface area contributed by atoms with Gasteiger partial charge in [0.25, 0.3) is 0 Å². The van der Waals surface area contributed by atoms with Gasteiger partial charge in [-0.05, 0) is 32.9 Å². The van der Waals surface area contributed by atoms with E-state index in [2.05, 4.69) is 0 Å². The van der Waals surface area contributed by atoms with Crippen molar-refractivity contribution in [3.05, 3.63) is 24.3 Å². The van der Waals surface area contributed by atoms with Gasteiger partial charge < -0.3 is 20.3 Å². The zero-order valence-electron chi connectivity index (χ0n) is 10.6. The highest BCUT2D eigenvalue weighted by molar-refractivity contribution is 5.43. The maximum atomic E-state index is 9.66. The lowest BCUT2D eigenvalue weighted by molar-refractivity contribution is -0.0586. The van der Waals surface area contributed by atoms with Gasteiger partial charge in [0.2, 0.25) is 0 Å². The van der Waals surface area contributed by atoms with Crippen LogP contribution in [0.25, 0.3) is 0 Å². The van der Waals surface area contributed by atoms with Crippen molar-refractivity contribution in [1.29, 1.82) is 0 Å². The highest BCUT2D eigenvalue weighted by Crippen LogP contribution is 2.15. The Bertz CT molecular complexity index is 347. The van der Waals surface area contributed by atoms with Crippen LogP contribution in [0.3, 0.4) is 0 Å². The number of benzene rings is 1. The van der Waals surface area contributed by atoms with Gasteiger partial charge >= 0.3 is 0 Å². The Hall–Kier alpha value is -1.26. The normalized spacial score (nSPS) is 13.4. The molecule has 0 radical (unpaired) electrons. The molecule has 1 aromatic rings. The van der Waals surface area contributed by atoms with Crippen molar-refractivity contribution in [3.8, 4) is 5.75 Å². The molecular formula is C13H21NO3. The molecule has 1 atom stereocenters. The summed E-state index contributed by atoms with van der Waals surface area (Å²) in [5.41, 5.74) is 6.00. The second kappa shape index (κ2) is 5.89. The van der Waals surface area contributed by atoms with Gasteiger partial charge in [0.15, 0.2) is 0 Å². The van der Waals surface area contributed by atoms with Gasteiger partial charge in [-0.15, -0.1) is 0 Å². The van der Waals surface area contributed by atoms with E-state index in [1.807, 2.05) is 26.8 Å². The molecule has 3 N–H and O–H groups in total. The first-order chi connectivity index (χ1) is 7.87. The summed E-state index contributed by atoms with van der Waals surface area (Å²) in [6, 6.07) is 7.11. The highest BCUT2D eigenvalue weighted by atomic mass is 16.5. The van der Waals surface area contributed by atoms with Crippen LogP contribution < -0.4 is 10.5 Å². The van der Waals surface area contributed by atoms with Gasteiger partial charge in [-0.1, -0.05) is 6.07 Å². The quantitative estimate of drug-likeness (QED) is 0.769. The first kappa shape index (κ1) is 13.8. The van der Waals surface area contributed by atoms with Gasteiger partial charge in [-0.25, -0.2) is 0 Å². The van der Waals surface area contributed by atoms with E-state index in [0.29, 0.717) is 11.4 Å². The molecule has 1 aromatic carbocycles. The molecule has 1 rings (SSSR count).